The van der Waals surface area contributed by atoms with Gasteiger partial charge in [-0.2, -0.15) is 0 Å². The van der Waals surface area contributed by atoms with E-state index in [1.807, 2.05) is 11.9 Å². The first-order valence-corrected chi connectivity index (χ1v) is 9.36. The average Bonchev–Trinajstić information content (AvgIpc) is 2.32. The summed E-state index contributed by atoms with van der Waals surface area (Å²) >= 11 is 1.82. The van der Waals surface area contributed by atoms with Gasteiger partial charge in [0.2, 0.25) is 0 Å². The second-order valence-corrected chi connectivity index (χ2v) is 9.86. The summed E-state index contributed by atoms with van der Waals surface area (Å²) in [6.07, 6.45) is 2.16. The van der Waals surface area contributed by atoms with Crippen LogP contribution in [-0.4, -0.2) is 46.7 Å². The number of rotatable bonds is 7. The lowest BCUT2D eigenvalue weighted by molar-refractivity contribution is -0.0293. The van der Waals surface area contributed by atoms with Crippen LogP contribution in [0.5, 0.6) is 0 Å². The molecule has 3 heteroatoms. The quantitative estimate of drug-likeness (QED) is 0.600. The summed E-state index contributed by atoms with van der Waals surface area (Å²) in [6, 6.07) is 0. The van der Waals surface area contributed by atoms with E-state index in [4.69, 9.17) is 0 Å². The van der Waals surface area contributed by atoms with Crippen molar-refractivity contribution in [3.63, 3.8) is 0 Å². The maximum absolute atomic E-state index is 2.66. The maximum Gasteiger partial charge on any atom is 0.0317 e. The topological polar surface area (TPSA) is 6.48 Å². The molecule has 0 aromatic heterocycles. The molecule has 128 valence electrons. The van der Waals surface area contributed by atoms with E-state index in [2.05, 4.69) is 91.7 Å². The first kappa shape index (κ1) is 21.3. The summed E-state index contributed by atoms with van der Waals surface area (Å²) < 4.78 is 2.39. The van der Waals surface area contributed by atoms with Crippen LogP contribution in [0.3, 0.4) is 0 Å². The highest BCUT2D eigenvalue weighted by atomic mass is 32.2. The Morgan fingerprint density at radius 2 is 1.24 bits per heavy atom. The van der Waals surface area contributed by atoms with E-state index in [-0.39, 0.29) is 21.9 Å². The third kappa shape index (κ3) is 4.39. The zero-order valence-corrected chi connectivity index (χ0v) is 17.5. The Morgan fingerprint density at radius 3 is 1.52 bits per heavy atom. The second-order valence-electron chi connectivity index (χ2n) is 8.95. The van der Waals surface area contributed by atoms with Crippen LogP contribution in [0.2, 0.25) is 0 Å². The number of hydrogen-bond donors (Lipinski definition) is 0. The summed E-state index contributed by atoms with van der Waals surface area (Å²) in [5, 5.41) is 0. The third-order valence-electron chi connectivity index (χ3n) is 6.31. The van der Waals surface area contributed by atoms with E-state index in [9.17, 15) is 0 Å². The van der Waals surface area contributed by atoms with Gasteiger partial charge in [-0.25, -0.2) is 4.31 Å². The van der Waals surface area contributed by atoms with E-state index in [0.29, 0.717) is 0 Å². The summed E-state index contributed by atoms with van der Waals surface area (Å²) in [4.78, 5) is 2.66. The van der Waals surface area contributed by atoms with Crippen LogP contribution >= 0.6 is 11.9 Å². The highest BCUT2D eigenvalue weighted by Gasteiger charge is 2.45. The van der Waals surface area contributed by atoms with Crippen LogP contribution in [0.15, 0.2) is 0 Å². The van der Waals surface area contributed by atoms with Crippen LogP contribution < -0.4 is 0 Å². The van der Waals surface area contributed by atoms with Crippen molar-refractivity contribution in [3.05, 3.63) is 0 Å². The molecule has 0 fully saturated rings. The van der Waals surface area contributed by atoms with Gasteiger partial charge in [0, 0.05) is 17.6 Å². The molecule has 0 saturated heterocycles. The first-order chi connectivity index (χ1) is 9.15. The molecular formula is C18H40N2S. The molecule has 0 atom stereocenters. The van der Waals surface area contributed by atoms with Crippen molar-refractivity contribution in [1.29, 1.82) is 0 Å². The van der Waals surface area contributed by atoms with Crippen molar-refractivity contribution in [3.8, 4) is 0 Å². The molecule has 0 saturated carbocycles. The van der Waals surface area contributed by atoms with Crippen molar-refractivity contribution in [2.24, 2.45) is 10.8 Å². The second kappa shape index (κ2) is 6.80. The Labute approximate surface area is 139 Å². The molecule has 0 rings (SSSR count). The lowest BCUT2D eigenvalue weighted by Crippen LogP contribution is -2.60. The number of nitrogens with zero attached hydrogens (tertiary/aromatic N) is 2. The largest absolute Gasteiger partial charge is 0.297 e. The molecule has 0 aromatic rings. The molecule has 0 aliphatic carbocycles. The van der Waals surface area contributed by atoms with Crippen LogP contribution in [0, 0.1) is 10.8 Å². The summed E-state index contributed by atoms with van der Waals surface area (Å²) in [5.41, 5.74) is 0.763. The molecule has 0 N–H and O–H groups in total. The van der Waals surface area contributed by atoms with Gasteiger partial charge in [0.1, 0.15) is 0 Å². The Hall–Kier alpha value is 0.270. The predicted octanol–water partition coefficient (Wildman–Crippen LogP) is 5.15. The number of hydrogen-bond acceptors (Lipinski definition) is 3. The lowest BCUT2D eigenvalue weighted by atomic mass is 9.70. The van der Waals surface area contributed by atoms with Crippen molar-refractivity contribution < 1.29 is 0 Å². The molecule has 2 nitrogen and oxygen atoms in total. The van der Waals surface area contributed by atoms with Crippen molar-refractivity contribution in [2.75, 3.05) is 26.4 Å². The van der Waals surface area contributed by atoms with Crippen molar-refractivity contribution in [1.82, 2.24) is 9.21 Å². The molecule has 0 heterocycles. The minimum atomic E-state index is 0.133. The summed E-state index contributed by atoms with van der Waals surface area (Å²) in [6.45, 7) is 25.8. The van der Waals surface area contributed by atoms with Crippen molar-refractivity contribution >= 4 is 11.9 Å². The highest BCUT2D eigenvalue weighted by molar-refractivity contribution is 7.96. The smallest absolute Gasteiger partial charge is 0.0317 e. The molecular weight excluding hydrogens is 276 g/mol. The monoisotopic (exact) mass is 316 g/mol. The summed E-state index contributed by atoms with van der Waals surface area (Å²) in [7, 11) is 2.21. The molecule has 21 heavy (non-hydrogen) atoms. The molecule has 0 aromatic carbocycles. The minimum absolute atomic E-state index is 0.133. The van der Waals surface area contributed by atoms with E-state index in [0.717, 1.165) is 13.1 Å². The Morgan fingerprint density at radius 1 is 0.810 bits per heavy atom. The molecule has 0 spiro atoms. The normalized spacial score (nSPS) is 15.1. The van der Waals surface area contributed by atoms with Gasteiger partial charge in [-0.15, -0.1) is 0 Å². The van der Waals surface area contributed by atoms with Gasteiger partial charge in [0.15, 0.2) is 0 Å². The lowest BCUT2D eigenvalue weighted by Gasteiger charge is -2.54. The Balaban J connectivity index is 5.40. The SMILES string of the molecule is CCN(CC(C)(C)C(C)(C)N(C)SC)C(C)(C)C(C)(C)C. The Bertz CT molecular complexity index is 327. The molecule has 0 radical (unpaired) electrons. The van der Waals surface area contributed by atoms with Gasteiger partial charge in [0.05, 0.1) is 0 Å². The fraction of sp³-hybridized carbons (Fsp3) is 1.00. The minimum Gasteiger partial charge on any atom is -0.297 e. The Kier molecular flexibility index (Phi) is 6.89. The standard InChI is InChI=1S/C18H40N2S/c1-13-20(17(7,8)15(2,3)4)14-16(5,6)18(9,10)19(11)21-12/h13-14H2,1-12H3. The van der Waals surface area contributed by atoms with Gasteiger partial charge >= 0.3 is 0 Å². The fourth-order valence-corrected chi connectivity index (χ4v) is 3.21. The zero-order valence-electron chi connectivity index (χ0n) is 16.7. The van der Waals surface area contributed by atoms with Gasteiger partial charge in [-0.3, -0.25) is 4.90 Å². The van der Waals surface area contributed by atoms with Gasteiger partial charge < -0.3 is 0 Å². The van der Waals surface area contributed by atoms with Gasteiger partial charge in [-0.05, 0) is 58.4 Å². The average molecular weight is 317 g/mol. The molecule has 0 bridgehead atoms. The van der Waals surface area contributed by atoms with E-state index in [1.54, 1.807) is 0 Å². The van der Waals surface area contributed by atoms with Crippen LogP contribution in [0.25, 0.3) is 0 Å². The first-order valence-electron chi connectivity index (χ1n) is 8.18. The van der Waals surface area contributed by atoms with Crippen LogP contribution in [-0.2, 0) is 0 Å². The van der Waals surface area contributed by atoms with E-state index < -0.39 is 0 Å². The maximum atomic E-state index is 2.66. The van der Waals surface area contributed by atoms with Crippen LogP contribution in [0.4, 0.5) is 0 Å². The van der Waals surface area contributed by atoms with Crippen LogP contribution in [0.1, 0.15) is 69.2 Å². The molecule has 0 aliphatic rings. The zero-order chi connectivity index (χ0) is 17.3. The van der Waals surface area contributed by atoms with Crippen molar-refractivity contribution in [2.45, 2.75) is 80.3 Å². The fourth-order valence-electron chi connectivity index (χ4n) is 2.50. The van der Waals surface area contributed by atoms with Gasteiger partial charge in [0.25, 0.3) is 0 Å². The van der Waals surface area contributed by atoms with E-state index in [1.165, 1.54) is 0 Å². The van der Waals surface area contributed by atoms with E-state index >= 15 is 0 Å². The predicted molar refractivity (Wildman–Crippen MR) is 99.9 cm³/mol. The van der Waals surface area contributed by atoms with Gasteiger partial charge in [-0.1, -0.05) is 53.5 Å². The molecule has 0 amide bonds. The molecule has 0 aliphatic heterocycles. The summed E-state index contributed by atoms with van der Waals surface area (Å²) in [5.74, 6) is 0. The third-order valence-corrected chi connectivity index (χ3v) is 7.32. The molecule has 0 unspecified atom stereocenters. The highest BCUT2D eigenvalue weighted by Crippen LogP contribution is 2.42.